The molecular weight excluding hydrogens is 340 g/mol. The number of hydrogen-bond acceptors (Lipinski definition) is 6. The summed E-state index contributed by atoms with van der Waals surface area (Å²) in [5, 5.41) is 12.1. The molecular formula is C17H22N4O3S. The molecule has 0 aromatic carbocycles. The van der Waals surface area contributed by atoms with Crippen LogP contribution in [0, 0.1) is 16.7 Å². The highest BCUT2D eigenvalue weighted by Crippen LogP contribution is 2.59. The van der Waals surface area contributed by atoms with E-state index in [2.05, 4.69) is 15.5 Å². The molecule has 134 valence electrons. The van der Waals surface area contributed by atoms with Crippen molar-refractivity contribution in [1.82, 2.24) is 15.1 Å². The maximum Gasteiger partial charge on any atom is 0.246 e. The Morgan fingerprint density at radius 2 is 1.96 bits per heavy atom. The van der Waals surface area contributed by atoms with Crippen LogP contribution in [-0.2, 0) is 14.4 Å². The van der Waals surface area contributed by atoms with Crippen molar-refractivity contribution in [2.24, 2.45) is 16.7 Å². The highest BCUT2D eigenvalue weighted by Gasteiger charge is 2.64. The van der Waals surface area contributed by atoms with Gasteiger partial charge in [-0.25, -0.2) is 0 Å². The van der Waals surface area contributed by atoms with Crippen LogP contribution in [0.5, 0.6) is 0 Å². The smallest absolute Gasteiger partial charge is 0.246 e. The molecule has 3 aliphatic rings. The Hall–Kier alpha value is -1.83. The number of amides is 3. The van der Waals surface area contributed by atoms with Crippen molar-refractivity contribution < 1.29 is 14.4 Å². The minimum Gasteiger partial charge on any atom is -0.299 e. The summed E-state index contributed by atoms with van der Waals surface area (Å²) < 4.78 is 0. The molecule has 4 rings (SSSR count). The number of nitrogens with one attached hydrogen (secondary N) is 1. The van der Waals surface area contributed by atoms with Gasteiger partial charge < -0.3 is 0 Å². The summed E-state index contributed by atoms with van der Waals surface area (Å²) in [5.74, 6) is -0.585. The first-order valence-corrected chi connectivity index (χ1v) is 9.55. The van der Waals surface area contributed by atoms with Gasteiger partial charge in [-0.3, -0.25) is 24.6 Å². The van der Waals surface area contributed by atoms with Crippen LogP contribution < -0.4 is 5.32 Å². The summed E-state index contributed by atoms with van der Waals surface area (Å²) in [4.78, 5) is 39.1. The van der Waals surface area contributed by atoms with E-state index < -0.39 is 11.3 Å². The molecule has 2 unspecified atom stereocenters. The molecule has 2 heterocycles. The molecule has 2 bridgehead atoms. The van der Waals surface area contributed by atoms with Gasteiger partial charge in [0, 0.05) is 11.8 Å². The normalized spacial score (nSPS) is 30.7. The van der Waals surface area contributed by atoms with Gasteiger partial charge in [-0.1, -0.05) is 32.1 Å². The van der Waals surface area contributed by atoms with Crippen LogP contribution in [0.25, 0.3) is 0 Å². The Balaban J connectivity index is 1.47. The summed E-state index contributed by atoms with van der Waals surface area (Å²) in [6, 6.07) is 0. The molecule has 1 aromatic heterocycles. The summed E-state index contributed by atoms with van der Waals surface area (Å²) in [5.41, 5.74) is -0.958. The molecule has 25 heavy (non-hydrogen) atoms. The van der Waals surface area contributed by atoms with Gasteiger partial charge in [-0.2, -0.15) is 0 Å². The molecule has 0 radical (unpaired) electrons. The van der Waals surface area contributed by atoms with Crippen LogP contribution in [0.2, 0.25) is 0 Å². The Kier molecular flexibility index (Phi) is 3.55. The monoisotopic (exact) mass is 362 g/mol. The van der Waals surface area contributed by atoms with Crippen molar-refractivity contribution in [1.29, 1.82) is 0 Å². The van der Waals surface area contributed by atoms with Gasteiger partial charge in [0.2, 0.25) is 22.9 Å². The van der Waals surface area contributed by atoms with E-state index >= 15 is 0 Å². The number of likely N-dealkylation sites (tertiary alicyclic amines) is 1. The Bertz CT molecular complexity index is 770. The molecule has 1 aromatic rings. The lowest BCUT2D eigenvalue weighted by Gasteiger charge is -2.47. The van der Waals surface area contributed by atoms with Gasteiger partial charge >= 0.3 is 0 Å². The van der Waals surface area contributed by atoms with Gasteiger partial charge in [-0.05, 0) is 31.1 Å². The Morgan fingerprint density at radius 3 is 2.64 bits per heavy atom. The largest absolute Gasteiger partial charge is 0.299 e. The first-order valence-electron chi connectivity index (χ1n) is 8.73. The maximum absolute atomic E-state index is 12.9. The molecule has 1 N–H and O–H groups in total. The molecule has 1 aliphatic heterocycles. The molecule has 2 aliphatic carbocycles. The van der Waals surface area contributed by atoms with Crippen LogP contribution >= 0.6 is 11.3 Å². The second kappa shape index (κ2) is 5.33. The van der Waals surface area contributed by atoms with Crippen molar-refractivity contribution >= 4 is 34.2 Å². The third kappa shape index (κ3) is 2.41. The molecule has 3 fully saturated rings. The van der Waals surface area contributed by atoms with Gasteiger partial charge in [0.15, 0.2) is 0 Å². The second-order valence-electron chi connectivity index (χ2n) is 8.14. The van der Waals surface area contributed by atoms with E-state index in [-0.39, 0.29) is 29.7 Å². The molecule has 2 atom stereocenters. The number of nitrogens with zero attached hydrogens (tertiary/aromatic N) is 3. The van der Waals surface area contributed by atoms with Gasteiger partial charge in [0.05, 0.1) is 5.41 Å². The van der Waals surface area contributed by atoms with Crippen LogP contribution in [0.4, 0.5) is 5.13 Å². The predicted molar refractivity (Wildman–Crippen MR) is 91.8 cm³/mol. The van der Waals surface area contributed by atoms with Crippen molar-refractivity contribution in [3.05, 3.63) is 5.01 Å². The first-order chi connectivity index (χ1) is 11.7. The molecule has 2 saturated carbocycles. The fourth-order valence-electron chi connectivity index (χ4n) is 4.13. The van der Waals surface area contributed by atoms with E-state index in [4.69, 9.17) is 0 Å². The number of carbonyl (C=O) groups is 3. The summed E-state index contributed by atoms with van der Waals surface area (Å²) in [6.07, 6.45) is 3.63. The summed E-state index contributed by atoms with van der Waals surface area (Å²) in [6.45, 7) is 5.63. The lowest BCUT2D eigenvalue weighted by molar-refractivity contribution is -0.168. The van der Waals surface area contributed by atoms with E-state index in [1.54, 1.807) is 0 Å². The second-order valence-corrected chi connectivity index (χ2v) is 9.15. The fraction of sp³-hybridized carbons (Fsp3) is 0.706. The molecule has 0 spiro atoms. The standard InChI is InChI=1S/C17H22N4O3S/c1-16(2)10-6-7-17(16,3)14(24)21(13(10)23)8-11(22)18-15-20-19-12(25-15)9-4-5-9/h9-10H,4-8H2,1-3H3,(H,18,20,22). The quantitative estimate of drug-likeness (QED) is 0.829. The third-order valence-corrected chi connectivity index (χ3v) is 7.42. The van der Waals surface area contributed by atoms with Crippen molar-refractivity contribution in [2.75, 3.05) is 11.9 Å². The van der Waals surface area contributed by atoms with E-state index in [9.17, 15) is 14.4 Å². The minimum absolute atomic E-state index is 0.203. The van der Waals surface area contributed by atoms with Crippen LogP contribution in [-0.4, -0.2) is 39.4 Å². The van der Waals surface area contributed by atoms with Crippen LogP contribution in [0.1, 0.15) is 57.4 Å². The molecule has 3 amide bonds. The SMILES string of the molecule is CC12CCC(C(=O)N(CC(=O)Nc3nnc(C4CC4)s3)C1=O)C2(C)C. The highest BCUT2D eigenvalue weighted by molar-refractivity contribution is 7.15. The maximum atomic E-state index is 12.9. The highest BCUT2D eigenvalue weighted by atomic mass is 32.1. The molecule has 7 nitrogen and oxygen atoms in total. The lowest BCUT2D eigenvalue weighted by atomic mass is 9.62. The van der Waals surface area contributed by atoms with E-state index in [0.717, 1.165) is 22.7 Å². The number of fused-ring (bicyclic) bond motifs is 2. The van der Waals surface area contributed by atoms with Crippen molar-refractivity contribution in [2.45, 2.75) is 52.4 Å². The van der Waals surface area contributed by atoms with Crippen molar-refractivity contribution in [3.8, 4) is 0 Å². The minimum atomic E-state index is -0.590. The predicted octanol–water partition coefficient (Wildman–Crippen LogP) is 2.17. The average molecular weight is 362 g/mol. The summed E-state index contributed by atoms with van der Waals surface area (Å²) >= 11 is 1.37. The number of rotatable bonds is 4. The number of aromatic nitrogens is 2. The molecule has 1 saturated heterocycles. The zero-order valence-corrected chi connectivity index (χ0v) is 15.5. The number of imide groups is 1. The summed E-state index contributed by atoms with van der Waals surface area (Å²) in [7, 11) is 0. The Labute approximate surface area is 150 Å². The number of anilines is 1. The van der Waals surface area contributed by atoms with E-state index in [1.165, 1.54) is 11.3 Å². The fourth-order valence-corrected chi connectivity index (χ4v) is 5.06. The number of hydrogen-bond donors (Lipinski definition) is 1. The van der Waals surface area contributed by atoms with Gasteiger partial charge in [0.25, 0.3) is 0 Å². The molecule has 8 heteroatoms. The third-order valence-electron chi connectivity index (χ3n) is 6.42. The van der Waals surface area contributed by atoms with Crippen molar-refractivity contribution in [3.63, 3.8) is 0 Å². The van der Waals surface area contributed by atoms with E-state index in [0.29, 0.717) is 23.9 Å². The van der Waals surface area contributed by atoms with Gasteiger partial charge in [0.1, 0.15) is 11.6 Å². The first kappa shape index (κ1) is 16.6. The van der Waals surface area contributed by atoms with Crippen LogP contribution in [0.15, 0.2) is 0 Å². The zero-order valence-electron chi connectivity index (χ0n) is 14.7. The zero-order chi connectivity index (χ0) is 18.0. The lowest BCUT2D eigenvalue weighted by Crippen LogP contribution is -2.60. The topological polar surface area (TPSA) is 92.3 Å². The van der Waals surface area contributed by atoms with E-state index in [1.807, 2.05) is 20.8 Å². The number of carbonyl (C=O) groups excluding carboxylic acids is 3. The Morgan fingerprint density at radius 1 is 1.24 bits per heavy atom. The van der Waals surface area contributed by atoms with Gasteiger partial charge in [-0.15, -0.1) is 10.2 Å². The average Bonchev–Trinajstić information content (AvgIpc) is 3.26. The van der Waals surface area contributed by atoms with Crippen LogP contribution in [0.3, 0.4) is 0 Å². The number of piperidine rings is 1.